The van der Waals surface area contributed by atoms with Crippen LogP contribution in [0.3, 0.4) is 0 Å². The average Bonchev–Trinajstić information content (AvgIpc) is 3.31. The zero-order chi connectivity index (χ0) is 24.9. The maximum Gasteiger partial charge on any atom is 0.322 e. The maximum absolute atomic E-state index is 13.5. The van der Waals surface area contributed by atoms with Gasteiger partial charge in [0, 0.05) is 28.2 Å². The fraction of sp³-hybridized carbons (Fsp3) is 0.308. The van der Waals surface area contributed by atoms with Crippen LogP contribution in [0, 0.1) is 5.82 Å². The highest BCUT2D eigenvalue weighted by atomic mass is 35.5. The highest BCUT2D eigenvalue weighted by Crippen LogP contribution is 2.34. The molecule has 3 aromatic rings. The molecule has 0 saturated heterocycles. The summed E-state index contributed by atoms with van der Waals surface area (Å²) in [6, 6.07) is 13.8. The van der Waals surface area contributed by atoms with E-state index in [9.17, 15) is 14.0 Å². The van der Waals surface area contributed by atoms with Crippen molar-refractivity contribution in [2.75, 3.05) is 25.0 Å². The van der Waals surface area contributed by atoms with Gasteiger partial charge in [-0.05, 0) is 79.7 Å². The molecular formula is C26H27ClFN3O3S. The van der Waals surface area contributed by atoms with Crippen LogP contribution in [0.5, 0.6) is 5.75 Å². The Morgan fingerprint density at radius 2 is 2.00 bits per heavy atom. The van der Waals surface area contributed by atoms with Crippen LogP contribution in [0.15, 0.2) is 60.0 Å². The van der Waals surface area contributed by atoms with Crippen molar-refractivity contribution in [2.24, 2.45) is 0 Å². The molecule has 0 fully saturated rings. The predicted molar refractivity (Wildman–Crippen MR) is 137 cm³/mol. The lowest BCUT2D eigenvalue weighted by molar-refractivity contribution is -0.135. The number of amides is 3. The van der Waals surface area contributed by atoms with Crippen molar-refractivity contribution in [1.29, 1.82) is 0 Å². The van der Waals surface area contributed by atoms with Crippen LogP contribution in [0.25, 0.3) is 0 Å². The molecule has 0 saturated carbocycles. The Morgan fingerprint density at radius 3 is 2.71 bits per heavy atom. The lowest BCUT2D eigenvalue weighted by Gasteiger charge is -2.37. The zero-order valence-electron chi connectivity index (χ0n) is 19.5. The van der Waals surface area contributed by atoms with E-state index >= 15 is 0 Å². The standard InChI is InChI=1S/C26H27ClFN3O3S/c1-17(2)31(26(33)29-20-5-3-4-18(27)14-20)15-25(32)30-12-10-24-22(11-13-35-24)23(30)16-34-21-8-6-19(28)7-9-21/h3-9,11,13-14,17,23H,10,12,15-16H2,1-2H3,(H,29,33)/t23-/m1/s1. The second-order valence-electron chi connectivity index (χ2n) is 8.58. The summed E-state index contributed by atoms with van der Waals surface area (Å²) in [6.45, 7) is 4.43. The Kier molecular flexibility index (Phi) is 7.93. The molecule has 0 aliphatic carbocycles. The summed E-state index contributed by atoms with van der Waals surface area (Å²) < 4.78 is 19.2. The highest BCUT2D eigenvalue weighted by molar-refractivity contribution is 7.10. The first-order chi connectivity index (χ1) is 16.8. The van der Waals surface area contributed by atoms with Gasteiger partial charge >= 0.3 is 6.03 Å². The first-order valence-corrected chi connectivity index (χ1v) is 12.6. The molecule has 184 valence electrons. The Balaban J connectivity index is 1.48. The Hall–Kier alpha value is -3.10. The minimum absolute atomic E-state index is 0.0728. The van der Waals surface area contributed by atoms with Gasteiger partial charge in [-0.1, -0.05) is 17.7 Å². The van der Waals surface area contributed by atoms with Gasteiger partial charge in [-0.2, -0.15) is 0 Å². The summed E-state index contributed by atoms with van der Waals surface area (Å²) in [5, 5.41) is 5.35. The van der Waals surface area contributed by atoms with Crippen LogP contribution >= 0.6 is 22.9 Å². The quantitative estimate of drug-likeness (QED) is 0.420. The number of thiophene rings is 1. The van der Waals surface area contributed by atoms with Crippen LogP contribution < -0.4 is 10.1 Å². The topological polar surface area (TPSA) is 61.9 Å². The van der Waals surface area contributed by atoms with Crippen LogP contribution in [0.4, 0.5) is 14.9 Å². The second-order valence-corrected chi connectivity index (χ2v) is 10.0. The van der Waals surface area contributed by atoms with Gasteiger partial charge in [0.05, 0.1) is 6.04 Å². The molecule has 0 unspecified atom stereocenters. The summed E-state index contributed by atoms with van der Waals surface area (Å²) in [5.74, 6) is 0.0344. The van der Waals surface area contributed by atoms with Gasteiger partial charge in [0.1, 0.15) is 24.7 Å². The summed E-state index contributed by atoms with van der Waals surface area (Å²) in [7, 11) is 0. The predicted octanol–water partition coefficient (Wildman–Crippen LogP) is 5.99. The number of carbonyl (C=O) groups is 2. The van der Waals surface area contributed by atoms with E-state index in [0.29, 0.717) is 23.0 Å². The van der Waals surface area contributed by atoms with E-state index in [2.05, 4.69) is 5.32 Å². The normalized spacial score (nSPS) is 15.0. The first-order valence-electron chi connectivity index (χ1n) is 11.4. The monoisotopic (exact) mass is 515 g/mol. The number of benzene rings is 2. The number of hydrogen-bond donors (Lipinski definition) is 1. The number of urea groups is 1. The van der Waals surface area contributed by atoms with E-state index in [-0.39, 0.29) is 43.0 Å². The Labute approximate surface area is 213 Å². The number of nitrogens with zero attached hydrogens (tertiary/aromatic N) is 2. The van der Waals surface area contributed by atoms with Crippen molar-refractivity contribution in [1.82, 2.24) is 9.80 Å². The van der Waals surface area contributed by atoms with E-state index < -0.39 is 0 Å². The molecule has 1 aromatic heterocycles. The largest absolute Gasteiger partial charge is 0.491 e. The molecular weight excluding hydrogens is 489 g/mol. The molecule has 2 heterocycles. The Morgan fingerprint density at radius 1 is 1.23 bits per heavy atom. The number of rotatable bonds is 7. The third-order valence-corrected chi connectivity index (χ3v) is 7.13. The smallest absolute Gasteiger partial charge is 0.322 e. The molecule has 4 rings (SSSR count). The van der Waals surface area contributed by atoms with Crippen molar-refractivity contribution in [3.8, 4) is 5.75 Å². The molecule has 1 aliphatic heterocycles. The van der Waals surface area contributed by atoms with Crippen molar-refractivity contribution >= 4 is 40.6 Å². The van der Waals surface area contributed by atoms with Crippen LogP contribution in [0.2, 0.25) is 5.02 Å². The lowest BCUT2D eigenvalue weighted by Crippen LogP contribution is -2.50. The first kappa shape index (κ1) is 25.0. The summed E-state index contributed by atoms with van der Waals surface area (Å²) in [5.41, 5.74) is 1.61. The molecule has 3 amide bonds. The van der Waals surface area contributed by atoms with E-state index in [1.807, 2.05) is 25.3 Å². The van der Waals surface area contributed by atoms with Gasteiger partial charge in [0.15, 0.2) is 0 Å². The molecule has 2 aromatic carbocycles. The number of nitrogens with one attached hydrogen (secondary N) is 1. The molecule has 35 heavy (non-hydrogen) atoms. The van der Waals surface area contributed by atoms with Gasteiger partial charge in [0.2, 0.25) is 5.91 Å². The van der Waals surface area contributed by atoms with E-state index in [4.69, 9.17) is 16.3 Å². The van der Waals surface area contributed by atoms with E-state index in [1.54, 1.807) is 52.6 Å². The van der Waals surface area contributed by atoms with Gasteiger partial charge in [-0.25, -0.2) is 9.18 Å². The SMILES string of the molecule is CC(C)N(CC(=O)N1CCc2sccc2[C@H]1COc1ccc(F)cc1)C(=O)Nc1cccc(Cl)c1. The van der Waals surface area contributed by atoms with Crippen molar-refractivity contribution in [2.45, 2.75) is 32.4 Å². The number of fused-ring (bicyclic) bond motifs is 1. The van der Waals surface area contributed by atoms with Crippen molar-refractivity contribution < 1.29 is 18.7 Å². The molecule has 1 aliphatic rings. The van der Waals surface area contributed by atoms with Crippen molar-refractivity contribution in [3.63, 3.8) is 0 Å². The number of halogens is 2. The third-order valence-electron chi connectivity index (χ3n) is 5.90. The molecule has 0 radical (unpaired) electrons. The minimum Gasteiger partial charge on any atom is -0.491 e. The summed E-state index contributed by atoms with van der Waals surface area (Å²) >= 11 is 7.69. The summed E-state index contributed by atoms with van der Waals surface area (Å²) in [4.78, 5) is 31.0. The number of ether oxygens (including phenoxy) is 1. The van der Waals surface area contributed by atoms with Crippen LogP contribution in [-0.4, -0.2) is 47.5 Å². The minimum atomic E-state index is -0.372. The van der Waals surface area contributed by atoms with Crippen LogP contribution in [-0.2, 0) is 11.2 Å². The Bertz CT molecular complexity index is 1180. The lowest BCUT2D eigenvalue weighted by atomic mass is 10.0. The molecule has 9 heteroatoms. The maximum atomic E-state index is 13.5. The second kappa shape index (κ2) is 11.1. The summed E-state index contributed by atoms with van der Waals surface area (Å²) in [6.07, 6.45) is 0.752. The van der Waals surface area contributed by atoms with Gasteiger partial charge in [-0.15, -0.1) is 11.3 Å². The molecule has 1 atom stereocenters. The third kappa shape index (κ3) is 6.13. The van der Waals surface area contributed by atoms with Crippen molar-refractivity contribution in [3.05, 3.63) is 81.3 Å². The molecule has 1 N–H and O–H groups in total. The number of carbonyl (C=O) groups excluding carboxylic acids is 2. The highest BCUT2D eigenvalue weighted by Gasteiger charge is 2.34. The zero-order valence-corrected chi connectivity index (χ0v) is 21.1. The van der Waals surface area contributed by atoms with E-state index in [0.717, 1.165) is 12.0 Å². The van der Waals surface area contributed by atoms with Gasteiger partial charge < -0.3 is 19.9 Å². The fourth-order valence-corrected chi connectivity index (χ4v) is 5.19. The molecule has 0 bridgehead atoms. The number of anilines is 1. The fourth-order valence-electron chi connectivity index (χ4n) is 4.07. The van der Waals surface area contributed by atoms with Crippen LogP contribution in [0.1, 0.15) is 30.3 Å². The average molecular weight is 516 g/mol. The number of hydrogen-bond acceptors (Lipinski definition) is 4. The van der Waals surface area contributed by atoms with Gasteiger partial charge in [0.25, 0.3) is 0 Å². The molecule has 0 spiro atoms. The van der Waals surface area contributed by atoms with E-state index in [1.165, 1.54) is 21.9 Å². The van der Waals surface area contributed by atoms with Gasteiger partial charge in [-0.3, -0.25) is 4.79 Å². The molecule has 6 nitrogen and oxygen atoms in total.